The van der Waals surface area contributed by atoms with Gasteiger partial charge in [-0.25, -0.2) is 4.98 Å². The van der Waals surface area contributed by atoms with Crippen molar-refractivity contribution in [2.24, 2.45) is 0 Å². The molecule has 0 saturated carbocycles. The van der Waals surface area contributed by atoms with Crippen molar-refractivity contribution in [3.05, 3.63) is 30.1 Å². The molecule has 1 aromatic heterocycles. The summed E-state index contributed by atoms with van der Waals surface area (Å²) in [7, 11) is 0. The highest BCUT2D eigenvalue weighted by Crippen LogP contribution is 2.26. The number of Topliss-reactive ketones (excluding diaryl/α,β-unsaturated/α-hetero) is 1. The van der Waals surface area contributed by atoms with E-state index in [2.05, 4.69) is 9.97 Å². The lowest BCUT2D eigenvalue weighted by Crippen LogP contribution is -2.29. The quantitative estimate of drug-likeness (QED) is 0.892. The van der Waals surface area contributed by atoms with E-state index < -0.39 is 17.9 Å². The number of hydrogen-bond acceptors (Lipinski definition) is 3. The number of ketones is 1. The first kappa shape index (κ1) is 12.1. The first-order chi connectivity index (χ1) is 8.43. The van der Waals surface area contributed by atoms with Gasteiger partial charge in [0.25, 0.3) is 5.78 Å². The van der Waals surface area contributed by atoms with Crippen LogP contribution in [0.15, 0.2) is 24.3 Å². The molecule has 0 fully saturated rings. The molecule has 7 heteroatoms. The molecule has 2 rings (SSSR count). The molecule has 0 bridgehead atoms. The van der Waals surface area contributed by atoms with Crippen molar-refractivity contribution in [1.82, 2.24) is 9.97 Å². The number of nitrogens with zero attached hydrogens (tertiary/aromatic N) is 2. The second-order valence-corrected chi connectivity index (χ2v) is 3.56. The van der Waals surface area contributed by atoms with E-state index in [0.29, 0.717) is 11.0 Å². The lowest BCUT2D eigenvalue weighted by atomic mass is 10.1. The number of benzene rings is 1. The zero-order valence-electron chi connectivity index (χ0n) is 8.82. The molecular weight excluding hydrogens is 247 g/mol. The number of para-hydroxylation sites is 2. The predicted octanol–water partition coefficient (Wildman–Crippen LogP) is 2.30. The molecule has 1 atom stereocenters. The zero-order valence-corrected chi connectivity index (χ0v) is 8.82. The molecule has 0 aliphatic heterocycles. The third-order valence-electron chi connectivity index (χ3n) is 2.35. The van der Waals surface area contributed by atoms with Crippen LogP contribution in [0.5, 0.6) is 0 Å². The molecule has 1 aromatic carbocycles. The first-order valence-corrected chi connectivity index (χ1v) is 4.89. The summed E-state index contributed by atoms with van der Waals surface area (Å²) in [4.78, 5) is 17.4. The van der Waals surface area contributed by atoms with Crippen LogP contribution in [0.25, 0.3) is 11.0 Å². The van der Waals surface area contributed by atoms with Crippen molar-refractivity contribution < 1.29 is 18.0 Å². The number of hydrogen-bond donors (Lipinski definition) is 1. The smallest absolute Gasteiger partial charge is 0.340 e. The van der Waals surface area contributed by atoms with Crippen molar-refractivity contribution >= 4 is 16.8 Å². The van der Waals surface area contributed by atoms with Crippen LogP contribution in [-0.4, -0.2) is 21.9 Å². The van der Waals surface area contributed by atoms with Gasteiger partial charge in [0.15, 0.2) is 5.92 Å². The third kappa shape index (κ3) is 2.05. The minimum absolute atomic E-state index is 0.291. The molecule has 18 heavy (non-hydrogen) atoms. The summed E-state index contributed by atoms with van der Waals surface area (Å²) in [5, 5.41) is 8.71. The Kier molecular flexibility index (Phi) is 2.79. The molecule has 1 unspecified atom stereocenters. The zero-order chi connectivity index (χ0) is 13.3. The fourth-order valence-electron chi connectivity index (χ4n) is 1.52. The van der Waals surface area contributed by atoms with Crippen molar-refractivity contribution in [3.63, 3.8) is 0 Å². The Morgan fingerprint density at radius 2 is 2.06 bits per heavy atom. The summed E-state index contributed by atoms with van der Waals surface area (Å²) in [6, 6.07) is 7.81. The molecular formula is C11H6F3N3O. The van der Waals surface area contributed by atoms with Crippen LogP contribution >= 0.6 is 0 Å². The number of fused-ring (bicyclic) bond motifs is 1. The van der Waals surface area contributed by atoms with Crippen molar-refractivity contribution in [3.8, 4) is 6.07 Å². The van der Waals surface area contributed by atoms with Gasteiger partial charge in [-0.1, -0.05) is 12.1 Å². The molecule has 0 aliphatic rings. The van der Waals surface area contributed by atoms with Crippen LogP contribution in [0.2, 0.25) is 0 Å². The maximum absolute atomic E-state index is 12.3. The highest BCUT2D eigenvalue weighted by molar-refractivity contribution is 5.93. The topological polar surface area (TPSA) is 69.5 Å². The number of nitriles is 1. The van der Waals surface area contributed by atoms with Crippen molar-refractivity contribution in [2.75, 3.05) is 0 Å². The average Bonchev–Trinajstić information content (AvgIpc) is 2.71. The molecule has 0 spiro atoms. The number of nitrogens with one attached hydrogen (secondary N) is 1. The van der Waals surface area contributed by atoms with Gasteiger partial charge in [-0.3, -0.25) is 4.79 Å². The molecule has 2 aromatic rings. The summed E-state index contributed by atoms with van der Waals surface area (Å²) < 4.78 is 36.9. The molecule has 1 heterocycles. The van der Waals surface area contributed by atoms with Gasteiger partial charge in [-0.05, 0) is 12.1 Å². The summed E-state index contributed by atoms with van der Waals surface area (Å²) in [6.07, 6.45) is -5.06. The summed E-state index contributed by atoms with van der Waals surface area (Å²) in [5.74, 6) is -4.37. The summed E-state index contributed by atoms with van der Waals surface area (Å²) in [5.41, 5.74) is 0.880. The van der Waals surface area contributed by atoms with Gasteiger partial charge in [-0.15, -0.1) is 0 Å². The molecule has 1 N–H and O–H groups in total. The van der Waals surface area contributed by atoms with Gasteiger partial charge in [0.05, 0.1) is 17.1 Å². The SMILES string of the molecule is N#CC(C(=O)C(F)(F)F)c1nc2ccccc2[nH]1. The van der Waals surface area contributed by atoms with Crippen LogP contribution in [-0.2, 0) is 4.79 Å². The first-order valence-electron chi connectivity index (χ1n) is 4.89. The fraction of sp³-hybridized carbons (Fsp3) is 0.182. The molecule has 0 radical (unpaired) electrons. The highest BCUT2D eigenvalue weighted by Gasteiger charge is 2.45. The van der Waals surface area contributed by atoms with E-state index in [-0.39, 0.29) is 5.82 Å². The maximum Gasteiger partial charge on any atom is 0.451 e. The molecule has 0 saturated heterocycles. The highest BCUT2D eigenvalue weighted by atomic mass is 19.4. The Bertz CT molecular complexity index is 606. The van der Waals surface area contributed by atoms with E-state index in [4.69, 9.17) is 5.26 Å². The Balaban J connectivity index is 2.46. The van der Waals surface area contributed by atoms with E-state index in [1.165, 1.54) is 6.07 Å². The van der Waals surface area contributed by atoms with E-state index in [9.17, 15) is 18.0 Å². The second-order valence-electron chi connectivity index (χ2n) is 3.56. The Morgan fingerprint density at radius 3 is 2.61 bits per heavy atom. The van der Waals surface area contributed by atoms with Gasteiger partial charge < -0.3 is 4.98 Å². The van der Waals surface area contributed by atoms with E-state index >= 15 is 0 Å². The second kappa shape index (κ2) is 4.14. The number of aromatic amines is 1. The number of carbonyl (C=O) groups excluding carboxylic acids is 1. The molecule has 0 aliphatic carbocycles. The lowest BCUT2D eigenvalue weighted by Gasteiger charge is -2.07. The number of halogens is 3. The van der Waals surface area contributed by atoms with Gasteiger partial charge in [-0.2, -0.15) is 18.4 Å². The van der Waals surface area contributed by atoms with Gasteiger partial charge >= 0.3 is 6.18 Å². The van der Waals surface area contributed by atoms with E-state index in [1.807, 2.05) is 0 Å². The van der Waals surface area contributed by atoms with E-state index in [1.54, 1.807) is 24.3 Å². The average molecular weight is 253 g/mol. The van der Waals surface area contributed by atoms with Crippen LogP contribution in [0, 0.1) is 11.3 Å². The predicted molar refractivity (Wildman–Crippen MR) is 55.5 cm³/mol. The van der Waals surface area contributed by atoms with Crippen molar-refractivity contribution in [2.45, 2.75) is 12.1 Å². The third-order valence-corrected chi connectivity index (χ3v) is 2.35. The van der Waals surface area contributed by atoms with Crippen LogP contribution in [0.4, 0.5) is 13.2 Å². The summed E-state index contributed by atoms with van der Waals surface area (Å²) >= 11 is 0. The number of alkyl halides is 3. The largest absolute Gasteiger partial charge is 0.451 e. The fourth-order valence-corrected chi connectivity index (χ4v) is 1.52. The minimum atomic E-state index is -5.06. The lowest BCUT2D eigenvalue weighted by molar-refractivity contribution is -0.171. The van der Waals surface area contributed by atoms with Crippen LogP contribution in [0.1, 0.15) is 11.7 Å². The number of carbonyl (C=O) groups is 1. The Morgan fingerprint density at radius 1 is 1.39 bits per heavy atom. The number of aromatic nitrogens is 2. The standard InChI is InChI=1S/C11H6F3N3O/c12-11(13,14)9(18)6(5-15)10-16-7-3-1-2-4-8(7)17-10/h1-4,6H,(H,16,17). The van der Waals surface area contributed by atoms with Crippen LogP contribution < -0.4 is 0 Å². The maximum atomic E-state index is 12.3. The van der Waals surface area contributed by atoms with Crippen LogP contribution in [0.3, 0.4) is 0 Å². The van der Waals surface area contributed by atoms with Gasteiger partial charge in [0.1, 0.15) is 5.82 Å². The monoisotopic (exact) mass is 253 g/mol. The molecule has 0 amide bonds. The normalized spacial score (nSPS) is 13.2. The molecule has 92 valence electrons. The molecule has 4 nitrogen and oxygen atoms in total. The number of H-pyrrole nitrogens is 1. The Hall–Kier alpha value is -2.36. The van der Waals surface area contributed by atoms with Crippen molar-refractivity contribution in [1.29, 1.82) is 5.26 Å². The van der Waals surface area contributed by atoms with Gasteiger partial charge in [0.2, 0.25) is 0 Å². The van der Waals surface area contributed by atoms with E-state index in [0.717, 1.165) is 0 Å². The summed E-state index contributed by atoms with van der Waals surface area (Å²) in [6.45, 7) is 0. The minimum Gasteiger partial charge on any atom is -0.340 e. The van der Waals surface area contributed by atoms with Gasteiger partial charge in [0, 0.05) is 0 Å². The Labute approximate surface area is 99.1 Å². The number of rotatable bonds is 2. The number of imidazole rings is 1.